The van der Waals surface area contributed by atoms with Crippen LogP contribution in [0.1, 0.15) is 143 Å². The van der Waals surface area contributed by atoms with Gasteiger partial charge in [-0.2, -0.15) is 0 Å². The molecule has 2 unspecified atom stereocenters. The third-order valence-corrected chi connectivity index (χ3v) is 11.0. The minimum absolute atomic E-state index is 0.195. The van der Waals surface area contributed by atoms with Crippen molar-refractivity contribution in [1.82, 2.24) is 0 Å². The highest BCUT2D eigenvalue weighted by Crippen LogP contribution is 2.44. The third kappa shape index (κ3) is 11.4. The molecule has 2 rings (SSSR count). The number of allylic oxidation sites excluding steroid dienone is 8. The Balaban J connectivity index is 1.46. The Hall–Kier alpha value is -0.823. The molecule has 33 heavy (non-hydrogen) atoms. The molecule has 0 aromatic rings. The van der Waals surface area contributed by atoms with Gasteiger partial charge in [0.25, 0.3) is 0 Å². The monoisotopic (exact) mass is 468 g/mol. The molecule has 0 saturated carbocycles. The Kier molecular flexibility index (Phi) is 14.4. The summed E-state index contributed by atoms with van der Waals surface area (Å²) in [5, 5.41) is 0.473. The van der Waals surface area contributed by atoms with E-state index in [1.165, 1.54) is 116 Å². The second-order valence-corrected chi connectivity index (χ2v) is 14.4. The van der Waals surface area contributed by atoms with E-state index in [0.29, 0.717) is 5.04 Å². The zero-order valence-electron chi connectivity index (χ0n) is 22.9. The zero-order valence-corrected chi connectivity index (χ0v) is 24.3. The van der Waals surface area contributed by atoms with E-state index in [4.69, 9.17) is 0 Å². The fourth-order valence-corrected chi connectivity index (χ4v) is 8.58. The Bertz CT molecular complexity index is 649. The van der Waals surface area contributed by atoms with Crippen LogP contribution < -0.4 is 0 Å². The standard InChI is InChI=1S/C32H56Si/c1-5-6-7-8-9-10-11-12-13-14-15-16-17-18-19-21-24-30-28(2)27-31(29(30)3)33-32(4)25-22-20-23-26-32/h20,22-23,25,27,31H,5-19,21,24,26,33H2,1-4H3. The first-order chi connectivity index (χ1) is 16.1. The van der Waals surface area contributed by atoms with Crippen LogP contribution >= 0.6 is 0 Å². The highest BCUT2D eigenvalue weighted by molar-refractivity contribution is 6.45. The van der Waals surface area contributed by atoms with Crippen molar-refractivity contribution in [3.05, 3.63) is 47.1 Å². The normalized spacial score (nSPS) is 22.8. The summed E-state index contributed by atoms with van der Waals surface area (Å²) in [7, 11) is -0.195. The van der Waals surface area contributed by atoms with E-state index in [1.807, 2.05) is 0 Å². The number of hydrogen-bond acceptors (Lipinski definition) is 0. The molecular formula is C32H56Si. The lowest BCUT2D eigenvalue weighted by Crippen LogP contribution is -2.19. The molecule has 0 heterocycles. The molecule has 0 saturated heterocycles. The van der Waals surface area contributed by atoms with Gasteiger partial charge in [-0.3, -0.25) is 0 Å². The van der Waals surface area contributed by atoms with Crippen molar-refractivity contribution >= 4 is 9.52 Å². The molecular weight excluding hydrogens is 412 g/mol. The predicted molar refractivity (Wildman–Crippen MR) is 154 cm³/mol. The summed E-state index contributed by atoms with van der Waals surface area (Å²) in [5.41, 5.74) is 5.84. The molecule has 188 valence electrons. The predicted octanol–water partition coefficient (Wildman–Crippen LogP) is 10.6. The number of rotatable bonds is 19. The SMILES string of the molecule is CCCCCCCCCCCCCCCCCCC1=C(C)C([SiH2]C2(C)C=CC=CC2)C=C1C. The van der Waals surface area contributed by atoms with Crippen molar-refractivity contribution < 1.29 is 0 Å². The molecule has 0 aromatic heterocycles. The van der Waals surface area contributed by atoms with Gasteiger partial charge in [-0.25, -0.2) is 0 Å². The molecule has 2 atom stereocenters. The van der Waals surface area contributed by atoms with Crippen LogP contribution in [0.25, 0.3) is 0 Å². The third-order valence-electron chi connectivity index (χ3n) is 8.26. The lowest BCUT2D eigenvalue weighted by molar-refractivity contribution is 0.529. The van der Waals surface area contributed by atoms with E-state index >= 15 is 0 Å². The molecule has 0 aromatic carbocycles. The van der Waals surface area contributed by atoms with E-state index < -0.39 is 0 Å². The topological polar surface area (TPSA) is 0 Å². The second-order valence-electron chi connectivity index (χ2n) is 11.5. The van der Waals surface area contributed by atoms with Gasteiger partial charge in [-0.1, -0.05) is 152 Å². The maximum absolute atomic E-state index is 2.63. The Labute approximate surface area is 210 Å². The minimum atomic E-state index is -0.195. The summed E-state index contributed by atoms with van der Waals surface area (Å²) >= 11 is 0. The maximum Gasteiger partial charge on any atom is 0.0447 e. The molecule has 1 heteroatoms. The van der Waals surface area contributed by atoms with E-state index in [9.17, 15) is 0 Å². The van der Waals surface area contributed by atoms with Crippen molar-refractivity contribution in [2.24, 2.45) is 0 Å². The fourth-order valence-electron chi connectivity index (χ4n) is 5.94. The molecule has 2 aliphatic carbocycles. The summed E-state index contributed by atoms with van der Waals surface area (Å²) < 4.78 is 0. The van der Waals surface area contributed by atoms with Crippen molar-refractivity contribution in [1.29, 1.82) is 0 Å². The summed E-state index contributed by atoms with van der Waals surface area (Å²) in [4.78, 5) is 0. The van der Waals surface area contributed by atoms with Crippen molar-refractivity contribution in [3.63, 3.8) is 0 Å². The van der Waals surface area contributed by atoms with Crippen LogP contribution in [0.5, 0.6) is 0 Å². The lowest BCUT2D eigenvalue weighted by Gasteiger charge is -2.29. The smallest absolute Gasteiger partial charge is 0.0447 e. The highest BCUT2D eigenvalue weighted by Gasteiger charge is 2.29. The van der Waals surface area contributed by atoms with Gasteiger partial charge < -0.3 is 0 Å². The van der Waals surface area contributed by atoms with E-state index in [-0.39, 0.29) is 9.52 Å². The summed E-state index contributed by atoms with van der Waals surface area (Å²) in [5.74, 6) is 0. The molecule has 0 fully saturated rings. The summed E-state index contributed by atoms with van der Waals surface area (Å²) in [6.45, 7) is 9.61. The first-order valence-corrected chi connectivity index (χ1v) is 16.3. The molecule has 0 radical (unpaired) electrons. The number of unbranched alkanes of at least 4 members (excludes halogenated alkanes) is 15. The molecule has 0 amide bonds. The molecule has 0 spiro atoms. The largest absolute Gasteiger partial charge is 0.0840 e. The first kappa shape index (κ1) is 28.4. The van der Waals surface area contributed by atoms with E-state index in [2.05, 4.69) is 58.1 Å². The van der Waals surface area contributed by atoms with Crippen LogP contribution in [0.3, 0.4) is 0 Å². The highest BCUT2D eigenvalue weighted by atomic mass is 28.2. The van der Waals surface area contributed by atoms with Gasteiger partial charge in [-0.15, -0.1) is 0 Å². The zero-order chi connectivity index (χ0) is 23.8. The Morgan fingerprint density at radius 2 is 1.27 bits per heavy atom. The van der Waals surface area contributed by atoms with Crippen molar-refractivity contribution in [2.75, 3.05) is 0 Å². The van der Waals surface area contributed by atoms with Gasteiger partial charge in [-0.05, 0) is 49.3 Å². The average molecular weight is 469 g/mol. The molecule has 0 N–H and O–H groups in total. The van der Waals surface area contributed by atoms with Crippen LogP contribution in [0.2, 0.25) is 10.6 Å². The first-order valence-electron chi connectivity index (χ1n) is 14.8. The Morgan fingerprint density at radius 3 is 1.76 bits per heavy atom. The van der Waals surface area contributed by atoms with Gasteiger partial charge >= 0.3 is 0 Å². The van der Waals surface area contributed by atoms with Gasteiger partial charge in [0.05, 0.1) is 0 Å². The maximum atomic E-state index is 2.63. The fraction of sp³-hybridized carbons (Fsp3) is 0.750. The second kappa shape index (κ2) is 16.7. The van der Waals surface area contributed by atoms with Crippen molar-refractivity contribution in [2.45, 2.75) is 154 Å². The Morgan fingerprint density at radius 1 is 0.758 bits per heavy atom. The average Bonchev–Trinajstić information content (AvgIpc) is 3.05. The van der Waals surface area contributed by atoms with Crippen molar-refractivity contribution in [3.8, 4) is 0 Å². The van der Waals surface area contributed by atoms with Crippen LogP contribution in [0.15, 0.2) is 47.1 Å². The van der Waals surface area contributed by atoms with Crippen LogP contribution in [-0.4, -0.2) is 9.52 Å². The van der Waals surface area contributed by atoms with Gasteiger partial charge in [0, 0.05) is 9.52 Å². The van der Waals surface area contributed by atoms with Gasteiger partial charge in [0.2, 0.25) is 0 Å². The quantitative estimate of drug-likeness (QED) is 0.131. The lowest BCUT2D eigenvalue weighted by atomic mass is 9.99. The van der Waals surface area contributed by atoms with E-state index in [1.54, 1.807) is 16.7 Å². The molecule has 2 aliphatic rings. The van der Waals surface area contributed by atoms with Crippen LogP contribution in [-0.2, 0) is 0 Å². The van der Waals surface area contributed by atoms with Crippen LogP contribution in [0.4, 0.5) is 0 Å². The van der Waals surface area contributed by atoms with Gasteiger partial charge in [0.15, 0.2) is 0 Å². The molecule has 0 nitrogen and oxygen atoms in total. The molecule has 0 bridgehead atoms. The van der Waals surface area contributed by atoms with E-state index in [0.717, 1.165) is 5.54 Å². The summed E-state index contributed by atoms with van der Waals surface area (Å²) in [6.07, 6.45) is 37.8. The minimum Gasteiger partial charge on any atom is -0.0840 e. The summed E-state index contributed by atoms with van der Waals surface area (Å²) in [6, 6.07) is 0. The molecule has 0 aliphatic heterocycles. The van der Waals surface area contributed by atoms with Gasteiger partial charge in [0.1, 0.15) is 0 Å². The van der Waals surface area contributed by atoms with Crippen LogP contribution in [0, 0.1) is 0 Å². The number of hydrogen-bond donors (Lipinski definition) is 0.